The van der Waals surface area contributed by atoms with Crippen LogP contribution in [-0.2, 0) is 14.8 Å². The molecule has 0 aromatic heterocycles. The van der Waals surface area contributed by atoms with E-state index in [9.17, 15) is 8.42 Å². The van der Waals surface area contributed by atoms with E-state index < -0.39 is 10.0 Å². The van der Waals surface area contributed by atoms with E-state index in [4.69, 9.17) is 4.74 Å². The van der Waals surface area contributed by atoms with Crippen LogP contribution < -0.4 is 15.4 Å². The Labute approximate surface area is 140 Å². The lowest BCUT2D eigenvalue weighted by molar-refractivity contribution is 0.0778. The molecule has 0 bridgehead atoms. The van der Waals surface area contributed by atoms with Gasteiger partial charge in [-0.15, -0.1) is 0 Å². The monoisotopic (exact) mass is 348 g/mol. The quantitative estimate of drug-likeness (QED) is 0.290. The maximum Gasteiger partial charge on any atom is 0.211 e. The van der Waals surface area contributed by atoms with Gasteiger partial charge >= 0.3 is 0 Å². The molecular formula is C15H32N4O3S. The van der Waals surface area contributed by atoms with Crippen LogP contribution in [0.3, 0.4) is 0 Å². The van der Waals surface area contributed by atoms with E-state index in [1.165, 1.54) is 19.3 Å². The second kappa shape index (κ2) is 10.1. The Balaban J connectivity index is 2.43. The number of rotatable bonds is 11. The van der Waals surface area contributed by atoms with Crippen molar-refractivity contribution in [2.24, 2.45) is 10.4 Å². The van der Waals surface area contributed by atoms with Crippen molar-refractivity contribution in [1.82, 2.24) is 15.4 Å². The molecule has 0 aromatic carbocycles. The number of nitrogens with one attached hydrogen (secondary N) is 3. The Kier molecular flexibility index (Phi) is 8.86. The van der Waals surface area contributed by atoms with Crippen LogP contribution >= 0.6 is 0 Å². The number of ether oxygens (including phenoxy) is 1. The van der Waals surface area contributed by atoms with E-state index >= 15 is 0 Å². The van der Waals surface area contributed by atoms with E-state index in [-0.39, 0.29) is 11.2 Å². The average Bonchev–Trinajstić information content (AvgIpc) is 2.50. The van der Waals surface area contributed by atoms with Crippen molar-refractivity contribution in [2.75, 3.05) is 45.6 Å². The van der Waals surface area contributed by atoms with Crippen molar-refractivity contribution < 1.29 is 13.2 Å². The van der Waals surface area contributed by atoms with Crippen molar-refractivity contribution in [3.8, 4) is 0 Å². The molecule has 8 heteroatoms. The standard InChI is InChI=1S/C15H32N4O3S/c1-4-16-14(17-10-11-19-23(20,21)5-2)18-13-15(7-6-8-15)9-12-22-3/h19H,4-13H2,1-3H3,(H2,16,17,18). The largest absolute Gasteiger partial charge is 0.385 e. The summed E-state index contributed by atoms with van der Waals surface area (Å²) in [5.41, 5.74) is 0.280. The van der Waals surface area contributed by atoms with Crippen LogP contribution in [0.2, 0.25) is 0 Å². The summed E-state index contributed by atoms with van der Waals surface area (Å²) in [4.78, 5) is 4.68. The Morgan fingerprint density at radius 1 is 1.22 bits per heavy atom. The maximum atomic E-state index is 11.4. The van der Waals surface area contributed by atoms with Gasteiger partial charge < -0.3 is 15.4 Å². The summed E-state index contributed by atoms with van der Waals surface area (Å²) >= 11 is 0. The predicted molar refractivity (Wildman–Crippen MR) is 94.2 cm³/mol. The normalized spacial score (nSPS) is 17.6. The minimum Gasteiger partial charge on any atom is -0.385 e. The highest BCUT2D eigenvalue weighted by Gasteiger charge is 2.36. The lowest BCUT2D eigenvalue weighted by Crippen LogP contribution is -2.43. The van der Waals surface area contributed by atoms with Crippen molar-refractivity contribution in [3.05, 3.63) is 0 Å². The van der Waals surface area contributed by atoms with Gasteiger partial charge in [-0.05, 0) is 38.5 Å². The molecule has 0 radical (unpaired) electrons. The fourth-order valence-electron chi connectivity index (χ4n) is 2.56. The van der Waals surface area contributed by atoms with Gasteiger partial charge in [-0.2, -0.15) is 0 Å². The molecule has 0 aliphatic heterocycles. The van der Waals surface area contributed by atoms with Gasteiger partial charge in [0, 0.05) is 39.9 Å². The summed E-state index contributed by atoms with van der Waals surface area (Å²) in [6.07, 6.45) is 4.72. The number of aliphatic imine (C=N–C) groups is 1. The summed E-state index contributed by atoms with van der Waals surface area (Å²) in [5, 5.41) is 6.38. The molecule has 3 N–H and O–H groups in total. The van der Waals surface area contributed by atoms with E-state index in [2.05, 4.69) is 20.3 Å². The molecule has 1 saturated carbocycles. The van der Waals surface area contributed by atoms with Crippen molar-refractivity contribution in [2.45, 2.75) is 39.5 Å². The van der Waals surface area contributed by atoms with Crippen LogP contribution in [0.1, 0.15) is 39.5 Å². The number of guanidine groups is 1. The van der Waals surface area contributed by atoms with Gasteiger partial charge in [-0.3, -0.25) is 4.99 Å². The summed E-state index contributed by atoms with van der Waals surface area (Å²) in [7, 11) is -1.40. The molecule has 1 rings (SSSR count). The first-order valence-corrected chi connectivity index (χ1v) is 10.1. The molecule has 0 saturated heterocycles. The second-order valence-corrected chi connectivity index (χ2v) is 8.11. The Bertz CT molecular complexity index is 461. The first-order valence-electron chi connectivity index (χ1n) is 8.45. The number of hydrogen-bond donors (Lipinski definition) is 3. The van der Waals surface area contributed by atoms with Crippen LogP contribution in [0.15, 0.2) is 4.99 Å². The minimum atomic E-state index is -3.13. The highest BCUT2D eigenvalue weighted by atomic mass is 32.2. The third-order valence-corrected chi connectivity index (χ3v) is 5.69. The lowest BCUT2D eigenvalue weighted by Gasteiger charge is -2.40. The third kappa shape index (κ3) is 7.50. The maximum absolute atomic E-state index is 11.4. The zero-order chi connectivity index (χ0) is 17.2. The van der Waals surface area contributed by atoms with Crippen molar-refractivity contribution in [1.29, 1.82) is 0 Å². The number of methoxy groups -OCH3 is 1. The molecule has 0 spiro atoms. The highest BCUT2D eigenvalue weighted by molar-refractivity contribution is 7.89. The van der Waals surface area contributed by atoms with Crippen LogP contribution in [0.25, 0.3) is 0 Å². The topological polar surface area (TPSA) is 91.8 Å². The predicted octanol–water partition coefficient (Wildman–Crippen LogP) is 0.688. The Morgan fingerprint density at radius 2 is 1.96 bits per heavy atom. The zero-order valence-electron chi connectivity index (χ0n) is 14.7. The van der Waals surface area contributed by atoms with Gasteiger partial charge in [0.1, 0.15) is 0 Å². The first kappa shape index (κ1) is 20.2. The van der Waals surface area contributed by atoms with Gasteiger partial charge in [0.2, 0.25) is 10.0 Å². The van der Waals surface area contributed by atoms with E-state index in [0.29, 0.717) is 13.1 Å². The van der Waals surface area contributed by atoms with Gasteiger partial charge in [-0.1, -0.05) is 6.42 Å². The summed E-state index contributed by atoms with van der Waals surface area (Å²) in [6.45, 7) is 6.84. The van der Waals surface area contributed by atoms with Gasteiger partial charge in [-0.25, -0.2) is 13.1 Å². The van der Waals surface area contributed by atoms with Crippen LogP contribution in [-0.4, -0.2) is 60.0 Å². The molecule has 0 aromatic rings. The number of nitrogens with zero attached hydrogens (tertiary/aromatic N) is 1. The molecule has 136 valence electrons. The number of hydrogen-bond acceptors (Lipinski definition) is 4. The molecule has 0 amide bonds. The van der Waals surface area contributed by atoms with Crippen LogP contribution in [0, 0.1) is 5.41 Å². The molecule has 23 heavy (non-hydrogen) atoms. The minimum absolute atomic E-state index is 0.100. The zero-order valence-corrected chi connectivity index (χ0v) is 15.5. The number of sulfonamides is 1. The van der Waals surface area contributed by atoms with Crippen LogP contribution in [0.4, 0.5) is 0 Å². The van der Waals surface area contributed by atoms with E-state index in [1.807, 2.05) is 6.92 Å². The average molecular weight is 349 g/mol. The Hall–Kier alpha value is -0.860. The molecule has 7 nitrogen and oxygen atoms in total. The van der Waals surface area contributed by atoms with Crippen LogP contribution in [0.5, 0.6) is 0 Å². The Morgan fingerprint density at radius 3 is 2.48 bits per heavy atom. The summed E-state index contributed by atoms with van der Waals surface area (Å²) < 4.78 is 30.5. The second-order valence-electron chi connectivity index (χ2n) is 6.02. The molecule has 0 atom stereocenters. The molecule has 1 fully saturated rings. The fraction of sp³-hybridized carbons (Fsp3) is 0.933. The SMILES string of the molecule is CCNC(=NCC1(CCOC)CCC1)NCCNS(=O)(=O)CC. The molecule has 1 aliphatic rings. The van der Waals surface area contributed by atoms with Gasteiger partial charge in [0.25, 0.3) is 0 Å². The molecular weight excluding hydrogens is 316 g/mol. The van der Waals surface area contributed by atoms with Gasteiger partial charge in [0.05, 0.1) is 5.75 Å². The van der Waals surface area contributed by atoms with Crippen molar-refractivity contribution in [3.63, 3.8) is 0 Å². The smallest absolute Gasteiger partial charge is 0.211 e. The van der Waals surface area contributed by atoms with E-state index in [1.54, 1.807) is 14.0 Å². The fourth-order valence-corrected chi connectivity index (χ4v) is 3.18. The lowest BCUT2D eigenvalue weighted by atomic mass is 9.67. The summed E-state index contributed by atoms with van der Waals surface area (Å²) in [6, 6.07) is 0. The molecule has 1 aliphatic carbocycles. The molecule has 0 heterocycles. The highest BCUT2D eigenvalue weighted by Crippen LogP contribution is 2.44. The third-order valence-electron chi connectivity index (χ3n) is 4.29. The van der Waals surface area contributed by atoms with Crippen molar-refractivity contribution >= 4 is 16.0 Å². The summed E-state index contributed by atoms with van der Waals surface area (Å²) in [5.74, 6) is 0.843. The molecule has 0 unspecified atom stereocenters. The first-order chi connectivity index (χ1) is 11.0. The van der Waals surface area contributed by atoms with E-state index in [0.717, 1.165) is 32.1 Å². The van der Waals surface area contributed by atoms with Gasteiger partial charge in [0.15, 0.2) is 5.96 Å².